The molecule has 2 atom stereocenters. The first kappa shape index (κ1) is 21.3. The molecule has 2 fully saturated rings. The lowest BCUT2D eigenvalue weighted by molar-refractivity contribution is -0.0180. The Labute approximate surface area is 192 Å². The predicted molar refractivity (Wildman–Crippen MR) is 123 cm³/mol. The number of carbonyl (C=O) groups is 1. The topological polar surface area (TPSA) is 106 Å². The Morgan fingerprint density at radius 3 is 2.70 bits per heavy atom. The van der Waals surface area contributed by atoms with Gasteiger partial charge in [-0.2, -0.15) is 10.4 Å². The minimum Gasteiger partial charge on any atom is -0.375 e. The number of benzene rings is 1. The monoisotopic (exact) mass is 442 g/mol. The van der Waals surface area contributed by atoms with Crippen LogP contribution in [0.1, 0.15) is 60.5 Å². The summed E-state index contributed by atoms with van der Waals surface area (Å²) in [7, 11) is 0. The van der Waals surface area contributed by atoms with E-state index in [9.17, 15) is 4.79 Å². The second-order valence-electron chi connectivity index (χ2n) is 8.80. The molecule has 3 aromatic rings. The van der Waals surface area contributed by atoms with Crippen molar-refractivity contribution in [1.29, 1.82) is 5.26 Å². The Balaban J connectivity index is 1.30. The van der Waals surface area contributed by atoms with Gasteiger partial charge in [-0.05, 0) is 38.2 Å². The molecule has 33 heavy (non-hydrogen) atoms. The first-order valence-corrected chi connectivity index (χ1v) is 11.4. The summed E-state index contributed by atoms with van der Waals surface area (Å²) in [6, 6.07) is 9.72. The summed E-state index contributed by atoms with van der Waals surface area (Å²) in [6.07, 6.45) is 11.1. The first-order valence-electron chi connectivity index (χ1n) is 11.4. The van der Waals surface area contributed by atoms with E-state index in [1.54, 1.807) is 18.3 Å². The van der Waals surface area contributed by atoms with Gasteiger partial charge in [-0.15, -0.1) is 0 Å². The molecule has 0 aliphatic carbocycles. The second kappa shape index (κ2) is 9.12. The zero-order valence-electron chi connectivity index (χ0n) is 18.6. The Hall–Kier alpha value is -3.57. The van der Waals surface area contributed by atoms with Gasteiger partial charge in [0.25, 0.3) is 0 Å². The average Bonchev–Trinajstić information content (AvgIpc) is 3.44. The molecule has 0 radical (unpaired) electrons. The van der Waals surface area contributed by atoms with Crippen LogP contribution in [0.4, 0.5) is 11.6 Å². The number of anilines is 2. The van der Waals surface area contributed by atoms with E-state index in [0.29, 0.717) is 29.8 Å². The van der Waals surface area contributed by atoms with Gasteiger partial charge in [-0.3, -0.25) is 9.48 Å². The number of hydrogen-bond acceptors (Lipinski definition) is 7. The fourth-order valence-electron chi connectivity index (χ4n) is 4.70. The van der Waals surface area contributed by atoms with Gasteiger partial charge in [0.05, 0.1) is 41.9 Å². The highest BCUT2D eigenvalue weighted by atomic mass is 16.5. The molecule has 8 heteroatoms. The lowest BCUT2D eigenvalue weighted by atomic mass is 10.0. The lowest BCUT2D eigenvalue weighted by Crippen LogP contribution is -2.27. The van der Waals surface area contributed by atoms with E-state index in [1.807, 2.05) is 42.2 Å². The minimum atomic E-state index is -0.0283. The van der Waals surface area contributed by atoms with Crippen LogP contribution >= 0.6 is 0 Å². The number of rotatable bonds is 7. The summed E-state index contributed by atoms with van der Waals surface area (Å²) in [5.41, 5.74) is 4.10. The normalized spacial score (nSPS) is 21.5. The summed E-state index contributed by atoms with van der Waals surface area (Å²) in [5.74, 6) is 0.468. The molecule has 0 spiro atoms. The molecule has 0 amide bonds. The second-order valence-corrected chi connectivity index (χ2v) is 8.80. The maximum Gasteiger partial charge on any atom is 0.227 e. The molecule has 1 aromatic carbocycles. The first-order chi connectivity index (χ1) is 16.1. The van der Waals surface area contributed by atoms with Crippen LogP contribution in [-0.4, -0.2) is 37.7 Å². The van der Waals surface area contributed by atoms with Crippen molar-refractivity contribution in [1.82, 2.24) is 19.7 Å². The van der Waals surface area contributed by atoms with Gasteiger partial charge in [0.15, 0.2) is 5.78 Å². The third-order valence-corrected chi connectivity index (χ3v) is 6.41. The molecule has 2 unspecified atom stereocenters. The smallest absolute Gasteiger partial charge is 0.227 e. The molecule has 2 aliphatic heterocycles. The Kier molecular flexibility index (Phi) is 5.88. The molecule has 2 saturated heterocycles. The Bertz CT molecular complexity index is 1180. The number of fused-ring (bicyclic) bond motifs is 2. The molecule has 0 saturated carbocycles. The molecule has 8 nitrogen and oxygen atoms in total. The summed E-state index contributed by atoms with van der Waals surface area (Å²) in [6.45, 7) is 1.96. The summed E-state index contributed by atoms with van der Waals surface area (Å²) in [5, 5.41) is 16.5. The third kappa shape index (κ3) is 4.64. The van der Waals surface area contributed by atoms with E-state index < -0.39 is 0 Å². The van der Waals surface area contributed by atoms with E-state index in [0.717, 1.165) is 48.2 Å². The third-order valence-electron chi connectivity index (χ3n) is 6.41. The van der Waals surface area contributed by atoms with Crippen molar-refractivity contribution in [3.8, 4) is 17.3 Å². The van der Waals surface area contributed by atoms with Crippen molar-refractivity contribution in [2.45, 2.75) is 63.7 Å². The average molecular weight is 443 g/mol. The van der Waals surface area contributed by atoms with Crippen LogP contribution in [0.15, 0.2) is 42.9 Å². The number of nitriles is 1. The van der Waals surface area contributed by atoms with Crippen molar-refractivity contribution in [2.75, 3.05) is 5.32 Å². The van der Waals surface area contributed by atoms with E-state index >= 15 is 0 Å². The zero-order chi connectivity index (χ0) is 22.8. The number of nitrogens with one attached hydrogen (secondary N) is 1. The van der Waals surface area contributed by atoms with Gasteiger partial charge in [-0.1, -0.05) is 24.3 Å². The van der Waals surface area contributed by atoms with Crippen molar-refractivity contribution in [3.63, 3.8) is 0 Å². The largest absolute Gasteiger partial charge is 0.375 e. The summed E-state index contributed by atoms with van der Waals surface area (Å²) < 4.78 is 7.98. The molecule has 2 bridgehead atoms. The molecule has 1 N–H and O–H groups in total. The van der Waals surface area contributed by atoms with Crippen LogP contribution in [0.3, 0.4) is 0 Å². The van der Waals surface area contributed by atoms with Gasteiger partial charge in [0, 0.05) is 36.4 Å². The van der Waals surface area contributed by atoms with Crippen LogP contribution in [0.25, 0.3) is 11.3 Å². The number of aromatic nitrogens is 4. The van der Waals surface area contributed by atoms with Gasteiger partial charge in [0.1, 0.15) is 0 Å². The summed E-state index contributed by atoms with van der Waals surface area (Å²) >= 11 is 0. The highest BCUT2D eigenvalue weighted by Crippen LogP contribution is 2.38. The fraction of sp³-hybridized carbons (Fsp3) is 0.400. The molecule has 5 rings (SSSR count). The summed E-state index contributed by atoms with van der Waals surface area (Å²) in [4.78, 5) is 21.3. The Morgan fingerprint density at radius 2 is 1.97 bits per heavy atom. The number of hydrogen-bond donors (Lipinski definition) is 1. The number of nitrogens with zero attached hydrogens (tertiary/aromatic N) is 5. The lowest BCUT2D eigenvalue weighted by Gasteiger charge is -2.28. The van der Waals surface area contributed by atoms with Crippen LogP contribution in [0.2, 0.25) is 0 Å². The van der Waals surface area contributed by atoms with Gasteiger partial charge in [-0.25, -0.2) is 9.97 Å². The standard InChI is InChI=1S/C25H26N6O2/c1-16-13-27-25(30-24(16)18-6-4-17(5-7-18)23(32)3-2-10-26)29-19-14-28-31(15-19)20-11-21-8-9-22(12-20)33-21/h4-7,13-15,20-22H,2-3,8-9,11-12H2,1H3,(H,27,29,30). The van der Waals surface area contributed by atoms with Crippen LogP contribution < -0.4 is 5.32 Å². The van der Waals surface area contributed by atoms with Crippen molar-refractivity contribution >= 4 is 17.4 Å². The van der Waals surface area contributed by atoms with E-state index in [2.05, 4.69) is 15.4 Å². The van der Waals surface area contributed by atoms with E-state index in [-0.39, 0.29) is 18.6 Å². The zero-order valence-corrected chi connectivity index (χ0v) is 18.6. The number of Topliss-reactive ketones (excluding diaryl/α,β-unsaturated/α-hetero) is 1. The molecular weight excluding hydrogens is 416 g/mol. The van der Waals surface area contributed by atoms with Crippen LogP contribution in [0, 0.1) is 18.3 Å². The van der Waals surface area contributed by atoms with Crippen LogP contribution in [0.5, 0.6) is 0 Å². The highest BCUT2D eigenvalue weighted by Gasteiger charge is 2.36. The molecule has 168 valence electrons. The van der Waals surface area contributed by atoms with Gasteiger partial charge in [0.2, 0.25) is 5.95 Å². The maximum absolute atomic E-state index is 12.1. The van der Waals surface area contributed by atoms with Crippen molar-refractivity contribution in [3.05, 3.63) is 54.0 Å². The van der Waals surface area contributed by atoms with Gasteiger partial charge < -0.3 is 10.1 Å². The Morgan fingerprint density at radius 1 is 1.21 bits per heavy atom. The predicted octanol–water partition coefficient (Wildman–Crippen LogP) is 4.76. The maximum atomic E-state index is 12.1. The SMILES string of the molecule is Cc1cnc(Nc2cnn(C3CC4CCC(C3)O4)c2)nc1-c1ccc(C(=O)CCC#N)cc1. The fourth-order valence-corrected chi connectivity index (χ4v) is 4.70. The molecule has 2 aromatic heterocycles. The van der Waals surface area contributed by atoms with Crippen molar-refractivity contribution < 1.29 is 9.53 Å². The minimum absolute atomic E-state index is 0.0283. The molecule has 4 heterocycles. The number of ketones is 1. The molecular formula is C25H26N6O2. The van der Waals surface area contributed by atoms with E-state index in [4.69, 9.17) is 15.0 Å². The van der Waals surface area contributed by atoms with Crippen molar-refractivity contribution in [2.24, 2.45) is 0 Å². The number of carbonyl (C=O) groups excluding carboxylic acids is 1. The quantitative estimate of drug-likeness (QED) is 0.526. The number of aryl methyl sites for hydroxylation is 1. The molecule has 2 aliphatic rings. The van der Waals surface area contributed by atoms with Crippen LogP contribution in [-0.2, 0) is 4.74 Å². The van der Waals surface area contributed by atoms with Gasteiger partial charge >= 0.3 is 0 Å². The van der Waals surface area contributed by atoms with E-state index in [1.165, 1.54) is 0 Å². The number of ether oxygens (including phenoxy) is 1. The highest BCUT2D eigenvalue weighted by molar-refractivity contribution is 5.96.